The minimum Gasteiger partial charge on any atom is -0.495 e. The zero-order chi connectivity index (χ0) is 23.4. The van der Waals surface area contributed by atoms with Crippen molar-refractivity contribution in [3.05, 3.63) is 59.6 Å². The normalized spacial score (nSPS) is 18.2. The van der Waals surface area contributed by atoms with Crippen molar-refractivity contribution in [2.75, 3.05) is 11.8 Å². The monoisotopic (exact) mass is 470 g/mol. The van der Waals surface area contributed by atoms with Gasteiger partial charge in [0.15, 0.2) is 5.03 Å². The van der Waals surface area contributed by atoms with Crippen molar-refractivity contribution in [3.8, 4) is 17.2 Å². The molecular weight excluding hydrogens is 443 g/mol. The van der Waals surface area contributed by atoms with Gasteiger partial charge in [-0.05, 0) is 61.3 Å². The number of carboxylic acid groups (broad SMARTS) is 1. The van der Waals surface area contributed by atoms with E-state index in [1.807, 2.05) is 12.1 Å². The lowest BCUT2D eigenvalue weighted by Crippen LogP contribution is -2.12. The summed E-state index contributed by atoms with van der Waals surface area (Å²) in [5.41, 5.74) is 2.11. The van der Waals surface area contributed by atoms with E-state index in [1.165, 1.54) is 51.0 Å². The SMILES string of the molecule is CCC1CCC(c2ccc(-c3nc(SNc4cc(F)c(C(=O)O)cc4OC)co3)cc2)CC1. The summed E-state index contributed by atoms with van der Waals surface area (Å²) in [4.78, 5) is 15.6. The molecule has 174 valence electrons. The Hall–Kier alpha value is -3.00. The molecule has 6 nitrogen and oxygen atoms in total. The average Bonchev–Trinajstić information content (AvgIpc) is 3.32. The van der Waals surface area contributed by atoms with Crippen LogP contribution in [0.5, 0.6) is 5.75 Å². The van der Waals surface area contributed by atoms with Gasteiger partial charge in [-0.1, -0.05) is 25.5 Å². The maximum atomic E-state index is 14.1. The fraction of sp³-hybridized carbons (Fsp3) is 0.360. The molecule has 0 unspecified atom stereocenters. The van der Waals surface area contributed by atoms with Crippen LogP contribution in [0.3, 0.4) is 0 Å². The summed E-state index contributed by atoms with van der Waals surface area (Å²) in [5, 5.41) is 9.62. The third-order valence-electron chi connectivity index (χ3n) is 6.32. The predicted octanol–water partition coefficient (Wildman–Crippen LogP) is 6.99. The molecule has 0 atom stereocenters. The second kappa shape index (κ2) is 10.3. The van der Waals surface area contributed by atoms with E-state index in [9.17, 15) is 9.18 Å². The molecule has 33 heavy (non-hydrogen) atoms. The minimum absolute atomic E-state index is 0.216. The Labute approximate surface area is 196 Å². The van der Waals surface area contributed by atoms with Gasteiger partial charge in [0.25, 0.3) is 0 Å². The van der Waals surface area contributed by atoms with Crippen molar-refractivity contribution < 1.29 is 23.4 Å². The zero-order valence-electron chi connectivity index (χ0n) is 18.6. The molecule has 0 radical (unpaired) electrons. The number of anilines is 1. The highest BCUT2D eigenvalue weighted by Gasteiger charge is 2.21. The molecule has 2 N–H and O–H groups in total. The van der Waals surface area contributed by atoms with Gasteiger partial charge in [0.2, 0.25) is 5.89 Å². The molecule has 2 aromatic carbocycles. The summed E-state index contributed by atoms with van der Waals surface area (Å²) >= 11 is 1.12. The number of aromatic carboxylic acids is 1. The summed E-state index contributed by atoms with van der Waals surface area (Å²) in [6.45, 7) is 2.28. The molecule has 4 rings (SSSR count). The van der Waals surface area contributed by atoms with Crippen LogP contribution in [0.4, 0.5) is 10.1 Å². The van der Waals surface area contributed by atoms with Crippen LogP contribution in [0.2, 0.25) is 0 Å². The Morgan fingerprint density at radius 3 is 2.61 bits per heavy atom. The molecule has 0 amide bonds. The minimum atomic E-state index is -1.36. The Morgan fingerprint density at radius 1 is 1.24 bits per heavy atom. The van der Waals surface area contributed by atoms with E-state index in [4.69, 9.17) is 14.3 Å². The van der Waals surface area contributed by atoms with Gasteiger partial charge >= 0.3 is 5.97 Å². The van der Waals surface area contributed by atoms with Gasteiger partial charge in [-0.15, -0.1) is 0 Å². The number of hydrogen-bond acceptors (Lipinski definition) is 6. The highest BCUT2D eigenvalue weighted by atomic mass is 32.2. The molecular formula is C25H27FN2O4S. The number of benzene rings is 2. The van der Waals surface area contributed by atoms with Crippen LogP contribution < -0.4 is 9.46 Å². The molecule has 0 aliphatic heterocycles. The number of carboxylic acids is 1. The molecule has 0 saturated heterocycles. The van der Waals surface area contributed by atoms with Gasteiger partial charge in [0.05, 0.1) is 18.4 Å². The number of rotatable bonds is 8. The van der Waals surface area contributed by atoms with Crippen LogP contribution in [0.25, 0.3) is 11.5 Å². The first-order valence-electron chi connectivity index (χ1n) is 11.1. The Kier molecular flexibility index (Phi) is 7.23. The van der Waals surface area contributed by atoms with Crippen molar-refractivity contribution in [1.29, 1.82) is 0 Å². The van der Waals surface area contributed by atoms with Crippen LogP contribution in [0.15, 0.2) is 52.1 Å². The molecule has 1 heterocycles. The molecule has 1 saturated carbocycles. The fourth-order valence-electron chi connectivity index (χ4n) is 4.31. The lowest BCUT2D eigenvalue weighted by atomic mass is 9.78. The van der Waals surface area contributed by atoms with Crippen molar-refractivity contribution in [2.24, 2.45) is 5.92 Å². The lowest BCUT2D eigenvalue weighted by molar-refractivity contribution is 0.0691. The summed E-state index contributed by atoms with van der Waals surface area (Å²) in [6.07, 6.45) is 7.91. The van der Waals surface area contributed by atoms with E-state index in [-0.39, 0.29) is 5.75 Å². The van der Waals surface area contributed by atoms with Gasteiger partial charge in [-0.2, -0.15) is 0 Å². The van der Waals surface area contributed by atoms with Crippen LogP contribution in [0, 0.1) is 11.7 Å². The molecule has 0 bridgehead atoms. The number of aromatic nitrogens is 1. The number of nitrogens with one attached hydrogen (secondary N) is 1. The van der Waals surface area contributed by atoms with Crippen molar-refractivity contribution in [2.45, 2.75) is 50.0 Å². The highest BCUT2D eigenvalue weighted by Crippen LogP contribution is 2.38. The van der Waals surface area contributed by atoms with E-state index in [0.717, 1.165) is 35.6 Å². The van der Waals surface area contributed by atoms with E-state index in [1.54, 1.807) is 0 Å². The standard InChI is InChI=1S/C25H27FN2O4S/c1-3-15-4-6-16(7-5-15)17-8-10-18(11-9-17)24-27-23(14-32-24)33-28-21-13-20(26)19(25(29)30)12-22(21)31-2/h8-16,28H,3-7H2,1-2H3,(H,29,30). The quantitative estimate of drug-likeness (QED) is 0.343. The maximum absolute atomic E-state index is 14.1. The lowest BCUT2D eigenvalue weighted by Gasteiger charge is -2.28. The molecule has 1 aliphatic carbocycles. The van der Waals surface area contributed by atoms with E-state index < -0.39 is 17.3 Å². The van der Waals surface area contributed by atoms with E-state index in [0.29, 0.717) is 22.5 Å². The van der Waals surface area contributed by atoms with Gasteiger partial charge in [-0.3, -0.25) is 0 Å². The first-order chi connectivity index (χ1) is 16.0. The second-order valence-corrected chi connectivity index (χ2v) is 9.11. The smallest absolute Gasteiger partial charge is 0.338 e. The Balaban J connectivity index is 1.40. The largest absolute Gasteiger partial charge is 0.495 e. The van der Waals surface area contributed by atoms with E-state index >= 15 is 0 Å². The summed E-state index contributed by atoms with van der Waals surface area (Å²) in [5.74, 6) is 0.0170. The molecule has 0 spiro atoms. The number of ether oxygens (including phenoxy) is 1. The number of nitrogens with zero attached hydrogens (tertiary/aromatic N) is 1. The Morgan fingerprint density at radius 2 is 1.97 bits per heavy atom. The summed E-state index contributed by atoms with van der Waals surface area (Å²) in [6, 6.07) is 10.6. The number of carbonyl (C=O) groups is 1. The van der Waals surface area contributed by atoms with Crippen LogP contribution in [-0.2, 0) is 0 Å². The highest BCUT2D eigenvalue weighted by molar-refractivity contribution is 8.00. The van der Waals surface area contributed by atoms with Crippen LogP contribution in [-0.4, -0.2) is 23.2 Å². The molecule has 1 aromatic heterocycles. The maximum Gasteiger partial charge on any atom is 0.338 e. The molecule has 1 aliphatic rings. The van der Waals surface area contributed by atoms with Gasteiger partial charge < -0.3 is 19.0 Å². The average molecular weight is 471 g/mol. The van der Waals surface area contributed by atoms with Crippen molar-refractivity contribution in [3.63, 3.8) is 0 Å². The number of methoxy groups -OCH3 is 1. The number of halogens is 1. The third-order valence-corrected chi connectivity index (χ3v) is 7.04. The third kappa shape index (κ3) is 5.33. The number of oxazole rings is 1. The van der Waals surface area contributed by atoms with Crippen LogP contribution in [0.1, 0.15) is 60.9 Å². The van der Waals surface area contributed by atoms with Gasteiger partial charge in [-0.25, -0.2) is 14.2 Å². The Bertz CT molecular complexity index is 1110. The molecule has 1 fully saturated rings. The van der Waals surface area contributed by atoms with Gasteiger partial charge in [0.1, 0.15) is 17.8 Å². The molecule has 3 aromatic rings. The van der Waals surface area contributed by atoms with E-state index in [2.05, 4.69) is 28.8 Å². The second-order valence-electron chi connectivity index (χ2n) is 8.28. The zero-order valence-corrected chi connectivity index (χ0v) is 19.5. The first kappa shape index (κ1) is 23.2. The van der Waals surface area contributed by atoms with Crippen LogP contribution >= 0.6 is 11.9 Å². The topological polar surface area (TPSA) is 84.6 Å². The first-order valence-corrected chi connectivity index (χ1v) is 11.9. The summed E-state index contributed by atoms with van der Waals surface area (Å²) < 4.78 is 27.8. The van der Waals surface area contributed by atoms with Gasteiger partial charge in [0, 0.05) is 23.6 Å². The summed E-state index contributed by atoms with van der Waals surface area (Å²) in [7, 11) is 1.39. The predicted molar refractivity (Wildman–Crippen MR) is 126 cm³/mol. The van der Waals surface area contributed by atoms with Crippen molar-refractivity contribution >= 4 is 23.6 Å². The van der Waals surface area contributed by atoms with Crippen molar-refractivity contribution in [1.82, 2.24) is 4.98 Å². The molecule has 8 heteroatoms. The number of hydrogen-bond donors (Lipinski definition) is 2. The fourth-order valence-corrected chi connectivity index (χ4v) is 4.91.